The Hall–Kier alpha value is -2.97. The molecule has 3 aromatic heterocycles. The number of rotatable bonds is 3. The molecule has 1 aliphatic heterocycles. The first-order chi connectivity index (χ1) is 14.1. The molecular weight excluding hydrogens is 386 g/mol. The van der Waals surface area contributed by atoms with Crippen molar-refractivity contribution in [2.45, 2.75) is 13.5 Å². The Balaban J connectivity index is 1.25. The second kappa shape index (κ2) is 7.13. The minimum absolute atomic E-state index is 0.0369. The lowest BCUT2D eigenvalue weighted by molar-refractivity contribution is 0.0622. The van der Waals surface area contributed by atoms with Gasteiger partial charge in [0.25, 0.3) is 11.5 Å². The highest BCUT2D eigenvalue weighted by Crippen LogP contribution is 2.19. The van der Waals surface area contributed by atoms with E-state index in [9.17, 15) is 9.59 Å². The number of nitrogens with one attached hydrogen (secondary N) is 1. The van der Waals surface area contributed by atoms with Crippen LogP contribution in [-0.2, 0) is 6.54 Å². The normalized spacial score (nSPS) is 15.4. The zero-order valence-corrected chi connectivity index (χ0v) is 16.9. The molecular formula is C21H21N5O2S. The molecule has 0 atom stereocenters. The number of amides is 1. The van der Waals surface area contributed by atoms with E-state index in [1.165, 1.54) is 16.9 Å². The van der Waals surface area contributed by atoms with Gasteiger partial charge in [0, 0.05) is 61.3 Å². The topological polar surface area (TPSA) is 73.7 Å². The van der Waals surface area contributed by atoms with Crippen molar-refractivity contribution < 1.29 is 4.79 Å². The predicted octanol–water partition coefficient (Wildman–Crippen LogP) is 2.50. The van der Waals surface area contributed by atoms with Crippen LogP contribution in [0.2, 0.25) is 0 Å². The molecule has 0 saturated carbocycles. The molecule has 5 rings (SSSR count). The van der Waals surface area contributed by atoms with Crippen molar-refractivity contribution in [1.82, 2.24) is 24.2 Å². The summed E-state index contributed by atoms with van der Waals surface area (Å²) in [5.74, 6) is 0.0369. The molecule has 0 radical (unpaired) electrons. The standard InChI is InChI=1S/C21H21N5O2S/c1-14-2-3-17-15(10-14)11-18(23-17)20(28)25-6-4-24(5-7-25)13-16-12-19(27)26-8-9-29-21(26)22-16/h2-3,8-12,23H,4-7,13H2,1H3. The molecule has 4 heterocycles. The summed E-state index contributed by atoms with van der Waals surface area (Å²) in [6.45, 7) is 5.51. The van der Waals surface area contributed by atoms with E-state index in [-0.39, 0.29) is 11.5 Å². The van der Waals surface area contributed by atoms with Crippen LogP contribution in [0.5, 0.6) is 0 Å². The highest BCUT2D eigenvalue weighted by Gasteiger charge is 2.23. The molecule has 1 N–H and O–H groups in total. The molecule has 0 spiro atoms. The van der Waals surface area contributed by atoms with Crippen LogP contribution < -0.4 is 5.56 Å². The van der Waals surface area contributed by atoms with Gasteiger partial charge in [-0.3, -0.25) is 18.9 Å². The molecule has 4 aromatic rings. The summed E-state index contributed by atoms with van der Waals surface area (Å²) in [5, 5.41) is 2.93. The molecule has 1 fully saturated rings. The largest absolute Gasteiger partial charge is 0.351 e. The van der Waals surface area contributed by atoms with Gasteiger partial charge in [-0.2, -0.15) is 0 Å². The number of hydrogen-bond donors (Lipinski definition) is 1. The van der Waals surface area contributed by atoms with E-state index in [0.29, 0.717) is 25.3 Å². The average molecular weight is 407 g/mol. The van der Waals surface area contributed by atoms with Crippen molar-refractivity contribution in [3.63, 3.8) is 0 Å². The number of nitrogens with zero attached hydrogens (tertiary/aromatic N) is 4. The lowest BCUT2D eigenvalue weighted by atomic mass is 10.2. The summed E-state index contributed by atoms with van der Waals surface area (Å²) >= 11 is 1.46. The number of aromatic amines is 1. The van der Waals surface area contributed by atoms with Gasteiger partial charge in [0.05, 0.1) is 5.69 Å². The summed E-state index contributed by atoms with van der Waals surface area (Å²) in [4.78, 5) is 37.7. The molecule has 1 saturated heterocycles. The Kier molecular flexibility index (Phi) is 4.44. The molecule has 1 aromatic carbocycles. The van der Waals surface area contributed by atoms with Crippen LogP contribution in [0.15, 0.2) is 46.7 Å². The van der Waals surface area contributed by atoms with Crippen LogP contribution in [0.1, 0.15) is 21.7 Å². The van der Waals surface area contributed by atoms with Gasteiger partial charge >= 0.3 is 0 Å². The number of carbonyl (C=O) groups is 1. The maximum atomic E-state index is 12.9. The van der Waals surface area contributed by atoms with Gasteiger partial charge < -0.3 is 9.88 Å². The molecule has 8 heteroatoms. The van der Waals surface area contributed by atoms with Crippen molar-refractivity contribution in [3.8, 4) is 0 Å². The summed E-state index contributed by atoms with van der Waals surface area (Å²) in [5.41, 5.74) is 3.53. The lowest BCUT2D eigenvalue weighted by Gasteiger charge is -2.34. The molecule has 0 bridgehead atoms. The van der Waals surface area contributed by atoms with E-state index in [1.54, 1.807) is 16.7 Å². The second-order valence-corrected chi connectivity index (χ2v) is 8.36. The highest BCUT2D eigenvalue weighted by atomic mass is 32.1. The van der Waals surface area contributed by atoms with Gasteiger partial charge in [-0.1, -0.05) is 11.6 Å². The van der Waals surface area contributed by atoms with Crippen LogP contribution in [0, 0.1) is 6.92 Å². The molecule has 1 amide bonds. The highest BCUT2D eigenvalue weighted by molar-refractivity contribution is 7.15. The fourth-order valence-corrected chi connectivity index (χ4v) is 4.58. The van der Waals surface area contributed by atoms with Gasteiger partial charge in [0.15, 0.2) is 4.96 Å². The van der Waals surface area contributed by atoms with Crippen LogP contribution in [0.4, 0.5) is 0 Å². The first kappa shape index (κ1) is 18.1. The third-order valence-corrected chi connectivity index (χ3v) is 6.16. The Morgan fingerprint density at radius 2 is 2.00 bits per heavy atom. The van der Waals surface area contributed by atoms with Crippen molar-refractivity contribution in [1.29, 1.82) is 0 Å². The van der Waals surface area contributed by atoms with E-state index >= 15 is 0 Å². The quantitative estimate of drug-likeness (QED) is 0.566. The zero-order chi connectivity index (χ0) is 20.0. The first-order valence-electron chi connectivity index (χ1n) is 9.64. The molecule has 7 nitrogen and oxygen atoms in total. The van der Waals surface area contributed by atoms with Gasteiger partial charge in [-0.25, -0.2) is 4.98 Å². The Morgan fingerprint density at radius 3 is 2.83 bits per heavy atom. The van der Waals surface area contributed by atoms with Crippen LogP contribution in [0.25, 0.3) is 15.9 Å². The minimum atomic E-state index is -0.0471. The van der Waals surface area contributed by atoms with E-state index in [1.807, 2.05) is 35.4 Å². The fourth-order valence-electron chi connectivity index (χ4n) is 3.84. The molecule has 0 aliphatic carbocycles. The number of benzene rings is 1. The van der Waals surface area contributed by atoms with Crippen molar-refractivity contribution in [2.75, 3.05) is 26.2 Å². The number of aromatic nitrogens is 3. The van der Waals surface area contributed by atoms with Crippen LogP contribution in [-0.4, -0.2) is 56.3 Å². The van der Waals surface area contributed by atoms with Crippen molar-refractivity contribution >= 4 is 33.1 Å². The number of H-pyrrole nitrogens is 1. The summed E-state index contributed by atoms with van der Waals surface area (Å²) < 4.78 is 1.56. The van der Waals surface area contributed by atoms with Crippen LogP contribution >= 0.6 is 11.3 Å². The van der Waals surface area contributed by atoms with Gasteiger partial charge in [-0.15, -0.1) is 11.3 Å². The van der Waals surface area contributed by atoms with Crippen LogP contribution in [0.3, 0.4) is 0 Å². The summed E-state index contributed by atoms with van der Waals surface area (Å²) in [6, 6.07) is 9.67. The summed E-state index contributed by atoms with van der Waals surface area (Å²) in [6.07, 6.45) is 1.74. The number of piperazine rings is 1. The average Bonchev–Trinajstić information content (AvgIpc) is 3.34. The smallest absolute Gasteiger partial charge is 0.270 e. The number of fused-ring (bicyclic) bond motifs is 2. The Bertz CT molecular complexity index is 1260. The SMILES string of the molecule is Cc1ccc2[nH]c(C(=O)N3CCN(Cc4cc(=O)n5ccsc5n4)CC3)cc2c1. The maximum absolute atomic E-state index is 12.9. The summed E-state index contributed by atoms with van der Waals surface area (Å²) in [7, 11) is 0. The van der Waals surface area contributed by atoms with E-state index < -0.39 is 0 Å². The van der Waals surface area contributed by atoms with E-state index in [4.69, 9.17) is 0 Å². The van der Waals surface area contributed by atoms with E-state index in [0.717, 1.165) is 34.6 Å². The second-order valence-electron chi connectivity index (χ2n) is 7.48. The minimum Gasteiger partial charge on any atom is -0.351 e. The van der Waals surface area contributed by atoms with Crippen molar-refractivity contribution in [3.05, 3.63) is 69.2 Å². The first-order valence-corrected chi connectivity index (χ1v) is 10.5. The number of aryl methyl sites for hydroxylation is 1. The third kappa shape index (κ3) is 3.45. The Morgan fingerprint density at radius 1 is 1.17 bits per heavy atom. The third-order valence-electron chi connectivity index (χ3n) is 5.41. The van der Waals surface area contributed by atoms with E-state index in [2.05, 4.69) is 20.9 Å². The lowest BCUT2D eigenvalue weighted by Crippen LogP contribution is -2.48. The molecule has 148 valence electrons. The van der Waals surface area contributed by atoms with Gasteiger partial charge in [0.2, 0.25) is 0 Å². The Labute approximate surface area is 171 Å². The monoisotopic (exact) mass is 407 g/mol. The van der Waals surface area contributed by atoms with Gasteiger partial charge in [-0.05, 0) is 25.1 Å². The molecule has 0 unspecified atom stereocenters. The van der Waals surface area contributed by atoms with Gasteiger partial charge in [0.1, 0.15) is 5.69 Å². The fraction of sp³-hybridized carbons (Fsp3) is 0.286. The number of hydrogen-bond acceptors (Lipinski definition) is 5. The number of thiazole rings is 1. The predicted molar refractivity (Wildman–Crippen MR) is 114 cm³/mol. The zero-order valence-electron chi connectivity index (χ0n) is 16.1. The molecule has 29 heavy (non-hydrogen) atoms. The number of carbonyl (C=O) groups excluding carboxylic acids is 1. The van der Waals surface area contributed by atoms with Crippen molar-refractivity contribution in [2.24, 2.45) is 0 Å². The molecule has 1 aliphatic rings. The maximum Gasteiger partial charge on any atom is 0.270 e.